The van der Waals surface area contributed by atoms with E-state index in [4.69, 9.17) is 23.2 Å². The zero-order chi connectivity index (χ0) is 14.7. The van der Waals surface area contributed by atoms with Crippen molar-refractivity contribution < 1.29 is 13.6 Å². The van der Waals surface area contributed by atoms with E-state index in [0.29, 0.717) is 6.07 Å². The normalized spacial score (nSPS) is 10.2. The van der Waals surface area contributed by atoms with Crippen LogP contribution in [0.5, 0.6) is 0 Å². The SMILES string of the molecule is O=C(Nc1ccc(F)cc1F)Nc1c(Cl)cccc1Cl. The van der Waals surface area contributed by atoms with Gasteiger partial charge in [-0.1, -0.05) is 29.3 Å². The van der Waals surface area contributed by atoms with Gasteiger partial charge < -0.3 is 10.6 Å². The van der Waals surface area contributed by atoms with Gasteiger partial charge in [-0.05, 0) is 24.3 Å². The molecule has 0 aliphatic carbocycles. The van der Waals surface area contributed by atoms with Crippen molar-refractivity contribution in [1.29, 1.82) is 0 Å². The van der Waals surface area contributed by atoms with Gasteiger partial charge in [-0.3, -0.25) is 0 Å². The molecule has 0 aliphatic heterocycles. The molecule has 0 fully saturated rings. The third kappa shape index (κ3) is 3.37. The van der Waals surface area contributed by atoms with Crippen LogP contribution in [0.1, 0.15) is 0 Å². The quantitative estimate of drug-likeness (QED) is 0.811. The molecule has 0 spiro atoms. The number of hydrogen-bond donors (Lipinski definition) is 2. The Morgan fingerprint density at radius 3 is 2.25 bits per heavy atom. The maximum absolute atomic E-state index is 13.4. The van der Waals surface area contributed by atoms with E-state index in [1.165, 1.54) is 0 Å². The van der Waals surface area contributed by atoms with Crippen molar-refractivity contribution in [2.24, 2.45) is 0 Å². The van der Waals surface area contributed by atoms with E-state index in [-0.39, 0.29) is 21.4 Å². The molecule has 0 bridgehead atoms. The zero-order valence-electron chi connectivity index (χ0n) is 9.88. The average molecular weight is 317 g/mol. The van der Waals surface area contributed by atoms with E-state index in [1.54, 1.807) is 18.2 Å². The van der Waals surface area contributed by atoms with E-state index in [1.807, 2.05) is 0 Å². The van der Waals surface area contributed by atoms with Crippen molar-refractivity contribution in [1.82, 2.24) is 0 Å². The molecule has 0 radical (unpaired) electrons. The van der Waals surface area contributed by atoms with Gasteiger partial charge in [0.1, 0.15) is 11.6 Å². The third-order valence-corrected chi connectivity index (χ3v) is 3.01. The molecule has 3 nitrogen and oxygen atoms in total. The molecule has 0 saturated heterocycles. The zero-order valence-corrected chi connectivity index (χ0v) is 11.4. The molecule has 7 heteroatoms. The maximum atomic E-state index is 13.4. The number of urea groups is 1. The largest absolute Gasteiger partial charge is 0.323 e. The molecule has 0 unspecified atom stereocenters. The molecule has 2 rings (SSSR count). The van der Waals surface area contributed by atoms with Crippen LogP contribution in [0.4, 0.5) is 25.0 Å². The van der Waals surface area contributed by atoms with Crippen molar-refractivity contribution in [2.75, 3.05) is 10.6 Å². The van der Waals surface area contributed by atoms with Crippen LogP contribution in [0, 0.1) is 11.6 Å². The van der Waals surface area contributed by atoms with E-state index < -0.39 is 17.7 Å². The van der Waals surface area contributed by atoms with Crippen molar-refractivity contribution in [3.8, 4) is 0 Å². The highest BCUT2D eigenvalue weighted by Gasteiger charge is 2.11. The van der Waals surface area contributed by atoms with Crippen LogP contribution < -0.4 is 10.6 Å². The number of benzene rings is 2. The standard InChI is InChI=1S/C13H8Cl2F2N2O/c14-8-2-1-3-9(15)12(8)19-13(20)18-11-5-4-7(16)6-10(11)17/h1-6H,(H2,18,19,20). The van der Waals surface area contributed by atoms with Gasteiger partial charge in [0.05, 0.1) is 21.4 Å². The predicted molar refractivity (Wildman–Crippen MR) is 75.5 cm³/mol. The van der Waals surface area contributed by atoms with Crippen molar-refractivity contribution in [2.45, 2.75) is 0 Å². The molecule has 0 heterocycles. The lowest BCUT2D eigenvalue weighted by Crippen LogP contribution is -2.20. The Bertz CT molecular complexity index is 645. The van der Waals surface area contributed by atoms with Crippen molar-refractivity contribution in [3.05, 3.63) is 58.1 Å². The highest BCUT2D eigenvalue weighted by molar-refractivity contribution is 6.39. The monoisotopic (exact) mass is 316 g/mol. The highest BCUT2D eigenvalue weighted by atomic mass is 35.5. The Labute approximate surface area is 123 Å². The van der Waals surface area contributed by atoms with Crippen LogP contribution in [-0.4, -0.2) is 6.03 Å². The molecule has 2 aromatic carbocycles. The van der Waals surface area contributed by atoms with Crippen molar-refractivity contribution >= 4 is 40.6 Å². The second-order valence-corrected chi connectivity index (χ2v) is 4.61. The fourth-order valence-electron chi connectivity index (χ4n) is 1.48. The number of amides is 2. The summed E-state index contributed by atoms with van der Waals surface area (Å²) < 4.78 is 26.1. The fourth-order valence-corrected chi connectivity index (χ4v) is 1.97. The first-order chi connectivity index (χ1) is 9.47. The number of carbonyl (C=O) groups excluding carboxylic acids is 1. The van der Waals surface area contributed by atoms with Gasteiger partial charge in [0.2, 0.25) is 0 Å². The van der Waals surface area contributed by atoms with Crippen molar-refractivity contribution in [3.63, 3.8) is 0 Å². The molecule has 2 aromatic rings. The first kappa shape index (κ1) is 14.6. The number of anilines is 2. The molecule has 0 saturated carbocycles. The Morgan fingerprint density at radius 2 is 1.65 bits per heavy atom. The Kier molecular flexibility index (Phi) is 4.42. The first-order valence-corrected chi connectivity index (χ1v) is 6.20. The average Bonchev–Trinajstić information content (AvgIpc) is 2.37. The summed E-state index contributed by atoms with van der Waals surface area (Å²) in [5.41, 5.74) is 0.0444. The van der Waals surface area contributed by atoms with E-state index in [9.17, 15) is 13.6 Å². The molecular weight excluding hydrogens is 309 g/mol. The highest BCUT2D eigenvalue weighted by Crippen LogP contribution is 2.29. The topological polar surface area (TPSA) is 41.1 Å². The molecular formula is C13H8Cl2F2N2O. The summed E-state index contributed by atoms with van der Waals surface area (Å²) in [6.07, 6.45) is 0. The number of para-hydroxylation sites is 1. The van der Waals surface area contributed by atoms with E-state index in [2.05, 4.69) is 10.6 Å². The summed E-state index contributed by atoms with van der Waals surface area (Å²) >= 11 is 11.8. The number of carbonyl (C=O) groups is 1. The second kappa shape index (κ2) is 6.07. The molecule has 0 atom stereocenters. The number of halogens is 4. The predicted octanol–water partition coefficient (Wildman–Crippen LogP) is 4.92. The minimum Gasteiger partial charge on any atom is -0.305 e. The molecule has 2 N–H and O–H groups in total. The third-order valence-electron chi connectivity index (χ3n) is 2.38. The Morgan fingerprint density at radius 1 is 1.00 bits per heavy atom. The van der Waals surface area contributed by atoms with Crippen LogP contribution >= 0.6 is 23.2 Å². The summed E-state index contributed by atoms with van der Waals surface area (Å²) in [4.78, 5) is 11.7. The lowest BCUT2D eigenvalue weighted by atomic mass is 10.3. The van der Waals surface area contributed by atoms with Gasteiger partial charge >= 0.3 is 6.03 Å². The lowest BCUT2D eigenvalue weighted by molar-refractivity contribution is 0.262. The maximum Gasteiger partial charge on any atom is 0.323 e. The summed E-state index contributed by atoms with van der Waals surface area (Å²) in [6, 6.07) is 6.76. The van der Waals surface area contributed by atoms with Gasteiger partial charge in [0.15, 0.2) is 0 Å². The summed E-state index contributed by atoms with van der Waals surface area (Å²) in [5.74, 6) is -1.62. The van der Waals surface area contributed by atoms with Crippen LogP contribution in [-0.2, 0) is 0 Å². The van der Waals surface area contributed by atoms with Gasteiger partial charge in [0.25, 0.3) is 0 Å². The molecule has 104 valence electrons. The molecule has 2 amide bonds. The smallest absolute Gasteiger partial charge is 0.305 e. The minimum atomic E-state index is -0.884. The van der Waals surface area contributed by atoms with Crippen LogP contribution in [0.3, 0.4) is 0 Å². The summed E-state index contributed by atoms with van der Waals surface area (Å²) in [6.45, 7) is 0. The molecule has 20 heavy (non-hydrogen) atoms. The van der Waals surface area contributed by atoms with Gasteiger partial charge in [0, 0.05) is 6.07 Å². The second-order valence-electron chi connectivity index (χ2n) is 3.80. The molecule has 0 aromatic heterocycles. The van der Waals surface area contributed by atoms with Gasteiger partial charge in [-0.2, -0.15) is 0 Å². The summed E-state index contributed by atoms with van der Waals surface area (Å²) in [7, 11) is 0. The Balaban J connectivity index is 2.13. The van der Waals surface area contributed by atoms with Crippen LogP contribution in [0.25, 0.3) is 0 Å². The Hall–Kier alpha value is -1.85. The number of rotatable bonds is 2. The number of nitrogens with one attached hydrogen (secondary N) is 2. The number of hydrogen-bond acceptors (Lipinski definition) is 1. The van der Waals surface area contributed by atoms with Crippen LogP contribution in [0.2, 0.25) is 10.0 Å². The molecule has 0 aliphatic rings. The van der Waals surface area contributed by atoms with Gasteiger partial charge in [-0.25, -0.2) is 13.6 Å². The van der Waals surface area contributed by atoms with E-state index >= 15 is 0 Å². The fraction of sp³-hybridized carbons (Fsp3) is 0. The van der Waals surface area contributed by atoms with E-state index in [0.717, 1.165) is 12.1 Å². The van der Waals surface area contributed by atoms with Gasteiger partial charge in [-0.15, -0.1) is 0 Å². The summed E-state index contributed by atoms with van der Waals surface area (Å²) in [5, 5.41) is 5.11. The lowest BCUT2D eigenvalue weighted by Gasteiger charge is -2.11. The first-order valence-electron chi connectivity index (χ1n) is 5.44. The minimum absolute atomic E-state index is 0.160. The van der Waals surface area contributed by atoms with Crippen LogP contribution in [0.15, 0.2) is 36.4 Å².